The van der Waals surface area contributed by atoms with Crippen molar-refractivity contribution >= 4 is 10.0 Å². The van der Waals surface area contributed by atoms with Gasteiger partial charge in [-0.2, -0.15) is 9.40 Å². The van der Waals surface area contributed by atoms with Gasteiger partial charge in [-0.15, -0.1) is 0 Å². The molecule has 7 nitrogen and oxygen atoms in total. The van der Waals surface area contributed by atoms with Crippen LogP contribution in [0, 0.1) is 18.8 Å². The third kappa shape index (κ3) is 2.66. The summed E-state index contributed by atoms with van der Waals surface area (Å²) in [7, 11) is -3.48. The van der Waals surface area contributed by atoms with E-state index in [4.69, 9.17) is 0 Å². The second kappa shape index (κ2) is 5.38. The number of aromatic nitrogens is 4. The van der Waals surface area contributed by atoms with Gasteiger partial charge in [0.15, 0.2) is 5.82 Å². The number of sulfonamides is 1. The molecule has 1 aliphatic carbocycles. The zero-order valence-electron chi connectivity index (χ0n) is 12.9. The highest BCUT2D eigenvalue weighted by molar-refractivity contribution is 7.89. The van der Waals surface area contributed by atoms with Gasteiger partial charge in [-0.3, -0.25) is 10.1 Å². The third-order valence-electron chi connectivity index (χ3n) is 4.79. The molecular formula is C15H19N5O2S. The molecule has 8 heteroatoms. The van der Waals surface area contributed by atoms with Gasteiger partial charge in [-0.05, 0) is 43.7 Å². The van der Waals surface area contributed by atoms with E-state index in [0.29, 0.717) is 29.8 Å². The van der Waals surface area contributed by atoms with Crippen LogP contribution < -0.4 is 0 Å². The fourth-order valence-electron chi connectivity index (χ4n) is 3.45. The summed E-state index contributed by atoms with van der Waals surface area (Å²) in [6.07, 6.45) is 5.37. The van der Waals surface area contributed by atoms with Crippen molar-refractivity contribution in [1.29, 1.82) is 0 Å². The molecule has 0 spiro atoms. The summed E-state index contributed by atoms with van der Waals surface area (Å²) in [6.45, 7) is 2.86. The second-order valence-electron chi connectivity index (χ2n) is 6.39. The van der Waals surface area contributed by atoms with Gasteiger partial charge in [0.2, 0.25) is 10.0 Å². The Labute approximate surface area is 135 Å². The van der Waals surface area contributed by atoms with E-state index in [0.717, 1.165) is 11.6 Å². The lowest BCUT2D eigenvalue weighted by atomic mass is 9.91. The molecule has 0 radical (unpaired) electrons. The molecule has 2 fully saturated rings. The van der Waals surface area contributed by atoms with Gasteiger partial charge in [-0.25, -0.2) is 13.4 Å². The minimum atomic E-state index is -3.48. The molecule has 0 amide bonds. The first-order chi connectivity index (χ1) is 11.1. The fourth-order valence-corrected chi connectivity index (χ4v) is 4.94. The van der Waals surface area contributed by atoms with Gasteiger partial charge in [0.25, 0.3) is 0 Å². The van der Waals surface area contributed by atoms with Crippen LogP contribution in [0.4, 0.5) is 0 Å². The Balaban J connectivity index is 1.64. The number of rotatable bonds is 4. The number of H-pyrrole nitrogens is 1. The number of hydrogen-bond donors (Lipinski definition) is 1. The van der Waals surface area contributed by atoms with Crippen molar-refractivity contribution in [3.63, 3.8) is 0 Å². The maximum absolute atomic E-state index is 12.9. The largest absolute Gasteiger partial charge is 0.265 e. The Morgan fingerprint density at radius 1 is 1.22 bits per heavy atom. The minimum absolute atomic E-state index is 0.0732. The van der Waals surface area contributed by atoms with Crippen molar-refractivity contribution in [2.75, 3.05) is 13.1 Å². The average molecular weight is 333 g/mol. The van der Waals surface area contributed by atoms with Crippen LogP contribution in [-0.4, -0.2) is 46.0 Å². The molecular weight excluding hydrogens is 314 g/mol. The molecule has 1 saturated heterocycles. The second-order valence-corrected chi connectivity index (χ2v) is 8.33. The Kier molecular flexibility index (Phi) is 3.46. The molecule has 1 saturated carbocycles. The van der Waals surface area contributed by atoms with E-state index in [1.165, 1.54) is 25.2 Å². The number of aromatic amines is 1. The number of hydrogen-bond acceptors (Lipinski definition) is 5. The molecule has 2 aromatic heterocycles. The summed E-state index contributed by atoms with van der Waals surface area (Å²) in [5.74, 6) is 2.49. The van der Waals surface area contributed by atoms with Crippen molar-refractivity contribution in [3.8, 4) is 0 Å². The SMILES string of the molecule is Cc1nc([C@@H]2CN(S(=O)(=O)c3ccncc3)C[C@H]2C2CC2)n[nH]1. The molecule has 122 valence electrons. The third-order valence-corrected chi connectivity index (χ3v) is 6.64. The number of aryl methyl sites for hydroxylation is 1. The predicted octanol–water partition coefficient (Wildman–Crippen LogP) is 1.32. The summed E-state index contributed by atoms with van der Waals surface area (Å²) in [5, 5.41) is 7.15. The van der Waals surface area contributed by atoms with E-state index in [1.807, 2.05) is 6.92 Å². The van der Waals surface area contributed by atoms with E-state index in [2.05, 4.69) is 20.2 Å². The van der Waals surface area contributed by atoms with Gasteiger partial charge in [0.05, 0.1) is 4.90 Å². The van der Waals surface area contributed by atoms with Crippen molar-refractivity contribution < 1.29 is 8.42 Å². The number of pyridine rings is 1. The topological polar surface area (TPSA) is 91.8 Å². The molecule has 1 N–H and O–H groups in total. The molecule has 2 aromatic rings. The highest BCUT2D eigenvalue weighted by Gasteiger charge is 2.47. The first kappa shape index (κ1) is 14.8. The normalized spacial score (nSPS) is 25.8. The van der Waals surface area contributed by atoms with Crippen LogP contribution in [0.25, 0.3) is 0 Å². The molecule has 3 heterocycles. The van der Waals surface area contributed by atoms with Crippen LogP contribution in [-0.2, 0) is 10.0 Å². The van der Waals surface area contributed by atoms with Crippen molar-refractivity contribution in [2.24, 2.45) is 11.8 Å². The van der Waals surface area contributed by atoms with Crippen molar-refractivity contribution in [1.82, 2.24) is 24.5 Å². The predicted molar refractivity (Wildman–Crippen MR) is 83.1 cm³/mol. The van der Waals surface area contributed by atoms with E-state index in [1.54, 1.807) is 16.4 Å². The van der Waals surface area contributed by atoms with E-state index in [9.17, 15) is 8.42 Å². The molecule has 2 atom stereocenters. The molecule has 0 unspecified atom stereocenters. The lowest BCUT2D eigenvalue weighted by Gasteiger charge is -2.16. The Hall–Kier alpha value is -1.80. The number of nitrogens with zero attached hydrogens (tertiary/aromatic N) is 4. The van der Waals surface area contributed by atoms with Gasteiger partial charge in [-0.1, -0.05) is 0 Å². The average Bonchev–Trinajstić information content (AvgIpc) is 3.14. The quantitative estimate of drug-likeness (QED) is 0.911. The van der Waals surface area contributed by atoms with Crippen LogP contribution in [0.15, 0.2) is 29.4 Å². The lowest BCUT2D eigenvalue weighted by molar-refractivity contribution is 0.423. The molecule has 1 aliphatic heterocycles. The summed E-state index contributed by atoms with van der Waals surface area (Å²) in [5.41, 5.74) is 0. The monoisotopic (exact) mass is 333 g/mol. The zero-order valence-corrected chi connectivity index (χ0v) is 13.7. The highest BCUT2D eigenvalue weighted by atomic mass is 32.2. The molecule has 4 rings (SSSR count). The minimum Gasteiger partial charge on any atom is -0.265 e. The summed E-state index contributed by atoms with van der Waals surface area (Å²) in [4.78, 5) is 8.64. The van der Waals surface area contributed by atoms with Crippen LogP contribution in [0.1, 0.15) is 30.4 Å². The van der Waals surface area contributed by atoms with Crippen molar-refractivity contribution in [3.05, 3.63) is 36.2 Å². The molecule has 0 bridgehead atoms. The maximum atomic E-state index is 12.9. The highest BCUT2D eigenvalue weighted by Crippen LogP contribution is 2.47. The Bertz CT molecular complexity index is 800. The molecule has 2 aliphatic rings. The van der Waals surface area contributed by atoms with Crippen LogP contribution in [0.5, 0.6) is 0 Å². The standard InChI is InChI=1S/C15H19N5O2S/c1-10-17-15(19-18-10)14-9-20(8-13(14)11-2-3-11)23(21,22)12-4-6-16-7-5-12/h4-7,11,13-14H,2-3,8-9H2,1H3,(H,17,18,19)/t13-,14+/m0/s1. The first-order valence-electron chi connectivity index (χ1n) is 7.85. The summed E-state index contributed by atoms with van der Waals surface area (Å²) < 4.78 is 27.3. The smallest absolute Gasteiger partial charge is 0.243 e. The van der Waals surface area contributed by atoms with Gasteiger partial charge < -0.3 is 0 Å². The van der Waals surface area contributed by atoms with Crippen LogP contribution >= 0.6 is 0 Å². The Morgan fingerprint density at radius 2 is 1.96 bits per heavy atom. The fraction of sp³-hybridized carbons (Fsp3) is 0.533. The Morgan fingerprint density at radius 3 is 2.57 bits per heavy atom. The maximum Gasteiger partial charge on any atom is 0.243 e. The molecule has 0 aromatic carbocycles. The van der Waals surface area contributed by atoms with E-state index in [-0.39, 0.29) is 5.92 Å². The van der Waals surface area contributed by atoms with Gasteiger partial charge in [0.1, 0.15) is 5.82 Å². The summed E-state index contributed by atoms with van der Waals surface area (Å²) >= 11 is 0. The zero-order chi connectivity index (χ0) is 16.0. The van der Waals surface area contributed by atoms with Crippen molar-refractivity contribution in [2.45, 2.75) is 30.6 Å². The van der Waals surface area contributed by atoms with Gasteiger partial charge >= 0.3 is 0 Å². The lowest BCUT2D eigenvalue weighted by Crippen LogP contribution is -2.29. The van der Waals surface area contributed by atoms with Gasteiger partial charge in [0, 0.05) is 31.4 Å². The molecule has 23 heavy (non-hydrogen) atoms. The van der Waals surface area contributed by atoms with Crippen LogP contribution in [0.3, 0.4) is 0 Å². The number of nitrogens with one attached hydrogen (secondary N) is 1. The first-order valence-corrected chi connectivity index (χ1v) is 9.29. The van der Waals surface area contributed by atoms with E-state index >= 15 is 0 Å². The summed E-state index contributed by atoms with van der Waals surface area (Å²) in [6, 6.07) is 3.09. The van der Waals surface area contributed by atoms with Crippen LogP contribution in [0.2, 0.25) is 0 Å². The van der Waals surface area contributed by atoms with E-state index < -0.39 is 10.0 Å².